The van der Waals surface area contributed by atoms with Crippen molar-refractivity contribution in [2.24, 2.45) is 0 Å². The molecule has 0 aliphatic heterocycles. The highest BCUT2D eigenvalue weighted by Gasteiger charge is 2.06. The molecule has 0 aromatic heterocycles. The Morgan fingerprint density at radius 3 is 2.82 bits per heavy atom. The summed E-state index contributed by atoms with van der Waals surface area (Å²) < 4.78 is 12.9. The number of rotatable bonds is 2. The van der Waals surface area contributed by atoms with Crippen molar-refractivity contribution < 1.29 is 9.50 Å². The molecule has 11 heavy (non-hydrogen) atoms. The molecule has 1 unspecified atom stereocenters. The Bertz CT molecular complexity index is 239. The number of phenols is 1. The molecule has 60 valence electrons. The summed E-state index contributed by atoms with van der Waals surface area (Å²) in [4.78, 5) is 0. The van der Waals surface area contributed by atoms with Gasteiger partial charge in [-0.05, 0) is 17.7 Å². The molecular weight excluding hydrogens is 211 g/mol. The van der Waals surface area contributed by atoms with Gasteiger partial charge in [-0.15, -0.1) is 0 Å². The molecule has 0 aliphatic carbocycles. The summed E-state index contributed by atoms with van der Waals surface area (Å²) in [5.74, 6) is 0.103. The molecule has 0 saturated heterocycles. The highest BCUT2D eigenvalue weighted by Crippen LogP contribution is 2.22. The van der Waals surface area contributed by atoms with E-state index in [1.165, 1.54) is 12.1 Å². The number of benzene rings is 1. The van der Waals surface area contributed by atoms with Crippen LogP contribution in [0.25, 0.3) is 0 Å². The molecular formula is C8H8BrFO. The Kier molecular flexibility index (Phi) is 2.88. The first-order valence-corrected chi connectivity index (χ1v) is 4.35. The van der Waals surface area contributed by atoms with E-state index in [-0.39, 0.29) is 11.1 Å². The fourth-order valence-electron chi connectivity index (χ4n) is 0.809. The van der Waals surface area contributed by atoms with Crippen molar-refractivity contribution in [3.8, 4) is 5.75 Å². The molecule has 0 amide bonds. The van der Waals surface area contributed by atoms with Crippen LogP contribution in [0.4, 0.5) is 4.39 Å². The molecule has 0 bridgehead atoms. The molecule has 0 spiro atoms. The topological polar surface area (TPSA) is 20.2 Å². The summed E-state index contributed by atoms with van der Waals surface area (Å²) in [6, 6.07) is 6.21. The van der Waals surface area contributed by atoms with E-state index >= 15 is 0 Å². The second-order valence-corrected chi connectivity index (χ2v) is 2.86. The normalized spacial score (nSPS) is 12.9. The van der Waals surface area contributed by atoms with Crippen LogP contribution in [0, 0.1) is 0 Å². The van der Waals surface area contributed by atoms with Crippen LogP contribution >= 0.6 is 15.9 Å². The lowest BCUT2D eigenvalue weighted by atomic mass is 10.1. The average molecular weight is 219 g/mol. The maximum Gasteiger partial charge on any atom is 0.135 e. The van der Waals surface area contributed by atoms with Crippen LogP contribution in [-0.4, -0.2) is 10.4 Å². The number of alkyl halides is 2. The smallest absolute Gasteiger partial charge is 0.135 e. The number of phenolic OH excluding ortho intramolecular Hbond substituents is 1. The number of hydrogen-bond acceptors (Lipinski definition) is 1. The quantitative estimate of drug-likeness (QED) is 0.758. The maximum atomic E-state index is 12.9. The maximum absolute atomic E-state index is 12.9. The van der Waals surface area contributed by atoms with Gasteiger partial charge in [0.2, 0.25) is 0 Å². The zero-order valence-corrected chi connectivity index (χ0v) is 7.38. The standard InChI is InChI=1S/C8H8BrFO/c9-5-8(10)6-2-1-3-7(11)4-6/h1-4,8,11H,5H2. The van der Waals surface area contributed by atoms with Gasteiger partial charge in [0.1, 0.15) is 11.9 Å². The van der Waals surface area contributed by atoms with Crippen molar-refractivity contribution in [1.82, 2.24) is 0 Å². The minimum absolute atomic E-state index is 0.103. The van der Waals surface area contributed by atoms with E-state index in [0.717, 1.165) is 0 Å². The van der Waals surface area contributed by atoms with Crippen molar-refractivity contribution >= 4 is 15.9 Å². The first-order chi connectivity index (χ1) is 5.24. The van der Waals surface area contributed by atoms with Crippen LogP contribution in [0.3, 0.4) is 0 Å². The summed E-state index contributed by atoms with van der Waals surface area (Å²) in [5, 5.41) is 9.24. The monoisotopic (exact) mass is 218 g/mol. The third kappa shape index (κ3) is 2.19. The molecule has 1 aromatic rings. The van der Waals surface area contributed by atoms with Crippen LogP contribution in [0.15, 0.2) is 24.3 Å². The third-order valence-electron chi connectivity index (χ3n) is 1.37. The molecule has 1 rings (SSSR count). The average Bonchev–Trinajstić information content (AvgIpc) is 2.03. The van der Waals surface area contributed by atoms with Gasteiger partial charge in [-0.1, -0.05) is 28.1 Å². The predicted molar refractivity (Wildman–Crippen MR) is 45.7 cm³/mol. The lowest BCUT2D eigenvalue weighted by Gasteiger charge is -2.03. The van der Waals surface area contributed by atoms with Gasteiger partial charge in [0, 0.05) is 5.33 Å². The van der Waals surface area contributed by atoms with Crippen LogP contribution in [0.5, 0.6) is 5.75 Å². The summed E-state index contributed by atoms with van der Waals surface area (Å²) in [7, 11) is 0. The molecule has 0 fully saturated rings. The molecule has 1 aromatic carbocycles. The van der Waals surface area contributed by atoms with Gasteiger partial charge >= 0.3 is 0 Å². The number of aromatic hydroxyl groups is 1. The fourth-order valence-corrected chi connectivity index (χ4v) is 1.18. The van der Waals surface area contributed by atoms with Crippen LogP contribution in [-0.2, 0) is 0 Å². The van der Waals surface area contributed by atoms with E-state index in [9.17, 15) is 4.39 Å². The van der Waals surface area contributed by atoms with Gasteiger partial charge in [-0.3, -0.25) is 0 Å². The summed E-state index contributed by atoms with van der Waals surface area (Å²) in [6.45, 7) is 0. The van der Waals surface area contributed by atoms with E-state index in [1.807, 2.05) is 0 Å². The van der Waals surface area contributed by atoms with Gasteiger partial charge in [0.05, 0.1) is 0 Å². The van der Waals surface area contributed by atoms with Gasteiger partial charge in [-0.2, -0.15) is 0 Å². The van der Waals surface area contributed by atoms with Gasteiger partial charge in [0.25, 0.3) is 0 Å². The van der Waals surface area contributed by atoms with E-state index in [4.69, 9.17) is 5.11 Å². The van der Waals surface area contributed by atoms with Crippen molar-refractivity contribution in [1.29, 1.82) is 0 Å². The lowest BCUT2D eigenvalue weighted by molar-refractivity contribution is 0.380. The highest BCUT2D eigenvalue weighted by molar-refractivity contribution is 9.09. The SMILES string of the molecule is Oc1cccc(C(F)CBr)c1. The Hall–Kier alpha value is -0.570. The minimum atomic E-state index is -1.04. The number of hydrogen-bond donors (Lipinski definition) is 1. The van der Waals surface area contributed by atoms with E-state index in [2.05, 4.69) is 15.9 Å². The second-order valence-electron chi connectivity index (χ2n) is 2.22. The zero-order chi connectivity index (χ0) is 8.27. The van der Waals surface area contributed by atoms with Crippen LogP contribution in [0.1, 0.15) is 11.7 Å². The lowest BCUT2D eigenvalue weighted by Crippen LogP contribution is -1.90. The Labute approximate surface area is 73.0 Å². The summed E-state index contributed by atoms with van der Waals surface area (Å²) in [5.41, 5.74) is 0.502. The highest BCUT2D eigenvalue weighted by atomic mass is 79.9. The molecule has 0 radical (unpaired) electrons. The number of halogens is 2. The molecule has 1 atom stereocenters. The van der Waals surface area contributed by atoms with E-state index < -0.39 is 6.17 Å². The van der Waals surface area contributed by atoms with Gasteiger partial charge < -0.3 is 5.11 Å². The Balaban J connectivity index is 2.86. The molecule has 0 aliphatic rings. The molecule has 0 saturated carbocycles. The second kappa shape index (κ2) is 3.72. The van der Waals surface area contributed by atoms with E-state index in [1.54, 1.807) is 12.1 Å². The first kappa shape index (κ1) is 8.53. The fraction of sp³-hybridized carbons (Fsp3) is 0.250. The van der Waals surface area contributed by atoms with Crippen molar-refractivity contribution in [2.45, 2.75) is 6.17 Å². The molecule has 3 heteroatoms. The van der Waals surface area contributed by atoms with Crippen LogP contribution in [0.2, 0.25) is 0 Å². The van der Waals surface area contributed by atoms with Crippen molar-refractivity contribution in [2.75, 3.05) is 5.33 Å². The summed E-state index contributed by atoms with van der Waals surface area (Å²) in [6.07, 6.45) is -1.04. The molecule has 0 heterocycles. The van der Waals surface area contributed by atoms with Crippen molar-refractivity contribution in [3.63, 3.8) is 0 Å². The first-order valence-electron chi connectivity index (χ1n) is 3.23. The molecule has 1 nitrogen and oxygen atoms in total. The molecule has 1 N–H and O–H groups in total. The largest absolute Gasteiger partial charge is 0.508 e. The Morgan fingerprint density at radius 1 is 1.55 bits per heavy atom. The minimum Gasteiger partial charge on any atom is -0.508 e. The Morgan fingerprint density at radius 2 is 2.27 bits per heavy atom. The van der Waals surface area contributed by atoms with Gasteiger partial charge in [0.15, 0.2) is 0 Å². The zero-order valence-electron chi connectivity index (χ0n) is 5.80. The predicted octanol–water partition coefficient (Wildman–Crippen LogP) is 2.80. The van der Waals surface area contributed by atoms with Gasteiger partial charge in [-0.25, -0.2) is 4.39 Å². The van der Waals surface area contributed by atoms with E-state index in [0.29, 0.717) is 5.56 Å². The van der Waals surface area contributed by atoms with Crippen molar-refractivity contribution in [3.05, 3.63) is 29.8 Å². The van der Waals surface area contributed by atoms with Crippen LogP contribution < -0.4 is 0 Å². The third-order valence-corrected chi connectivity index (χ3v) is 1.94. The summed E-state index contributed by atoms with van der Waals surface area (Å²) >= 11 is 3.02.